The molecule has 2 saturated carbocycles. The summed E-state index contributed by atoms with van der Waals surface area (Å²) in [5, 5.41) is 0. The molecule has 7 heteroatoms. The van der Waals surface area contributed by atoms with Gasteiger partial charge in [0.15, 0.2) is 0 Å². The fourth-order valence-corrected chi connectivity index (χ4v) is 7.67. The van der Waals surface area contributed by atoms with Gasteiger partial charge < -0.3 is 4.74 Å². The first-order chi connectivity index (χ1) is 16.5. The first kappa shape index (κ1) is 25.4. The summed E-state index contributed by atoms with van der Waals surface area (Å²) in [6.45, 7) is 10.8. The molecule has 192 valence electrons. The van der Waals surface area contributed by atoms with Crippen LogP contribution in [0, 0.1) is 11.8 Å². The average molecular weight is 517 g/mol. The van der Waals surface area contributed by atoms with Gasteiger partial charge in [0, 0.05) is 12.5 Å². The third-order valence-electron chi connectivity index (χ3n) is 8.14. The van der Waals surface area contributed by atoms with Gasteiger partial charge in [0.1, 0.15) is 0 Å². The third-order valence-corrected chi connectivity index (χ3v) is 11.1. The maximum Gasteiger partial charge on any atom is 0.267 e. The first-order valence-electron chi connectivity index (χ1n) is 13.3. The van der Waals surface area contributed by atoms with E-state index in [9.17, 15) is 8.42 Å². The molecule has 35 heavy (non-hydrogen) atoms. The molecular weight excluding hydrogens is 476 g/mol. The second-order valence-electron chi connectivity index (χ2n) is 12.3. The SMILES string of the molecule is CC(C)(C)c1cc(-c2sc(S(=O)(=O)NCC3COC3)nc2CC2CCCCC2)cc(C2(C)CC2)c1. The van der Waals surface area contributed by atoms with E-state index in [0.717, 1.165) is 22.6 Å². The Morgan fingerprint density at radius 3 is 2.40 bits per heavy atom. The molecule has 3 fully saturated rings. The molecule has 0 radical (unpaired) electrons. The van der Waals surface area contributed by atoms with E-state index in [4.69, 9.17) is 9.72 Å². The van der Waals surface area contributed by atoms with Crippen molar-refractivity contribution in [3.05, 3.63) is 35.0 Å². The highest BCUT2D eigenvalue weighted by atomic mass is 32.2. The highest BCUT2D eigenvalue weighted by molar-refractivity contribution is 7.91. The molecule has 1 saturated heterocycles. The van der Waals surface area contributed by atoms with Gasteiger partial charge in [-0.1, -0.05) is 65.9 Å². The van der Waals surface area contributed by atoms with Crippen LogP contribution >= 0.6 is 11.3 Å². The Balaban J connectivity index is 1.54. The monoisotopic (exact) mass is 516 g/mol. The van der Waals surface area contributed by atoms with E-state index in [0.29, 0.717) is 25.7 Å². The van der Waals surface area contributed by atoms with E-state index < -0.39 is 10.0 Å². The van der Waals surface area contributed by atoms with E-state index in [1.54, 1.807) is 0 Å². The summed E-state index contributed by atoms with van der Waals surface area (Å²) in [5.41, 5.74) is 5.05. The van der Waals surface area contributed by atoms with Crippen molar-refractivity contribution >= 4 is 21.4 Å². The zero-order valence-electron chi connectivity index (χ0n) is 21.7. The zero-order valence-corrected chi connectivity index (χ0v) is 23.3. The van der Waals surface area contributed by atoms with Crippen molar-refractivity contribution in [1.29, 1.82) is 0 Å². The van der Waals surface area contributed by atoms with E-state index in [-0.39, 0.29) is 21.1 Å². The van der Waals surface area contributed by atoms with Crippen molar-refractivity contribution < 1.29 is 13.2 Å². The summed E-state index contributed by atoms with van der Waals surface area (Å²) >= 11 is 1.35. The molecule has 1 aromatic heterocycles. The Hall–Kier alpha value is -1.28. The van der Waals surface area contributed by atoms with Crippen molar-refractivity contribution in [2.45, 2.75) is 94.2 Å². The van der Waals surface area contributed by atoms with Crippen molar-refractivity contribution in [3.63, 3.8) is 0 Å². The summed E-state index contributed by atoms with van der Waals surface area (Å²) < 4.78 is 34.7. The molecule has 2 aromatic rings. The number of nitrogens with one attached hydrogen (secondary N) is 1. The number of hydrogen-bond acceptors (Lipinski definition) is 5. The molecule has 0 unspecified atom stereocenters. The summed E-state index contributed by atoms with van der Waals surface area (Å²) in [7, 11) is -3.64. The molecule has 1 aliphatic heterocycles. The minimum absolute atomic E-state index is 0.0194. The van der Waals surface area contributed by atoms with Gasteiger partial charge in [-0.15, -0.1) is 11.3 Å². The molecule has 0 amide bonds. The molecular formula is C28H40N2O3S2. The number of rotatable bonds is 8. The Kier molecular flexibility index (Phi) is 6.92. The minimum atomic E-state index is -3.64. The lowest BCUT2D eigenvalue weighted by Gasteiger charge is -2.25. The molecule has 1 aromatic carbocycles. The van der Waals surface area contributed by atoms with Crippen molar-refractivity contribution in [1.82, 2.24) is 9.71 Å². The minimum Gasteiger partial charge on any atom is -0.381 e. The number of nitrogens with zero attached hydrogens (tertiary/aromatic N) is 1. The Morgan fingerprint density at radius 1 is 1.09 bits per heavy atom. The van der Waals surface area contributed by atoms with Gasteiger partial charge >= 0.3 is 0 Å². The first-order valence-corrected chi connectivity index (χ1v) is 15.6. The summed E-state index contributed by atoms with van der Waals surface area (Å²) in [4.78, 5) is 5.85. The average Bonchev–Trinajstić information content (AvgIpc) is 3.38. The Bertz CT molecular complexity index is 1140. The number of ether oxygens (including phenoxy) is 1. The van der Waals surface area contributed by atoms with Gasteiger partial charge in [0.05, 0.1) is 23.8 Å². The molecule has 1 N–H and O–H groups in total. The van der Waals surface area contributed by atoms with E-state index in [1.165, 1.54) is 67.4 Å². The zero-order chi connectivity index (χ0) is 24.8. The predicted molar refractivity (Wildman–Crippen MR) is 143 cm³/mol. The number of hydrogen-bond donors (Lipinski definition) is 1. The maximum atomic E-state index is 13.2. The van der Waals surface area contributed by atoms with Crippen LogP contribution in [-0.2, 0) is 32.0 Å². The quantitative estimate of drug-likeness (QED) is 0.453. The molecule has 2 heterocycles. The van der Waals surface area contributed by atoms with Crippen LogP contribution in [0.1, 0.15) is 89.5 Å². The molecule has 5 nitrogen and oxygen atoms in total. The molecule has 5 rings (SSSR count). The lowest BCUT2D eigenvalue weighted by Crippen LogP contribution is -2.39. The summed E-state index contributed by atoms with van der Waals surface area (Å²) in [5.74, 6) is 0.850. The highest BCUT2D eigenvalue weighted by Crippen LogP contribution is 2.50. The summed E-state index contributed by atoms with van der Waals surface area (Å²) in [6, 6.07) is 6.97. The van der Waals surface area contributed by atoms with Gasteiger partial charge in [0.2, 0.25) is 4.34 Å². The third kappa shape index (κ3) is 5.68. The molecule has 2 aliphatic carbocycles. The van der Waals surface area contributed by atoms with E-state index in [1.807, 2.05) is 0 Å². The lowest BCUT2D eigenvalue weighted by molar-refractivity contribution is -0.0283. The van der Waals surface area contributed by atoms with Crippen LogP contribution in [-0.4, -0.2) is 33.2 Å². The van der Waals surface area contributed by atoms with Crippen molar-refractivity contribution in [2.75, 3.05) is 19.8 Å². The largest absolute Gasteiger partial charge is 0.381 e. The standard InChI is InChI=1S/C28H40N2O3S2/c1-27(2,3)22-13-21(14-23(15-22)28(4)10-11-28)25-24(12-19-8-6-5-7-9-19)30-26(34-25)35(31,32)29-16-20-17-33-18-20/h13-15,19-20,29H,5-12,16-18H2,1-4H3. The van der Waals surface area contributed by atoms with E-state index in [2.05, 4.69) is 50.6 Å². The van der Waals surface area contributed by atoms with Crippen LogP contribution in [0.5, 0.6) is 0 Å². The van der Waals surface area contributed by atoms with Gasteiger partial charge in [-0.2, -0.15) is 0 Å². The Morgan fingerprint density at radius 2 is 1.80 bits per heavy atom. The Labute approximate surface area is 215 Å². The number of sulfonamides is 1. The van der Waals surface area contributed by atoms with Crippen molar-refractivity contribution in [3.8, 4) is 10.4 Å². The van der Waals surface area contributed by atoms with Crippen LogP contribution in [0.25, 0.3) is 10.4 Å². The fourth-order valence-electron chi connectivity index (χ4n) is 5.18. The highest BCUT2D eigenvalue weighted by Gasteiger charge is 2.40. The van der Waals surface area contributed by atoms with Crippen LogP contribution in [0.4, 0.5) is 0 Å². The normalized spacial score (nSPS) is 21.1. The second kappa shape index (κ2) is 9.55. The number of benzene rings is 1. The lowest BCUT2D eigenvalue weighted by atomic mass is 9.82. The van der Waals surface area contributed by atoms with Gasteiger partial charge in [-0.05, 0) is 64.8 Å². The van der Waals surface area contributed by atoms with Gasteiger partial charge in [0.25, 0.3) is 10.0 Å². The van der Waals surface area contributed by atoms with Crippen LogP contribution in [0.2, 0.25) is 0 Å². The van der Waals surface area contributed by atoms with Gasteiger partial charge in [-0.25, -0.2) is 18.1 Å². The molecule has 0 bridgehead atoms. The molecule has 3 aliphatic rings. The van der Waals surface area contributed by atoms with Gasteiger partial charge in [-0.3, -0.25) is 0 Å². The molecule has 0 atom stereocenters. The van der Waals surface area contributed by atoms with E-state index >= 15 is 0 Å². The molecule has 0 spiro atoms. The van der Waals surface area contributed by atoms with Crippen molar-refractivity contribution in [2.24, 2.45) is 11.8 Å². The number of thiazole rings is 1. The summed E-state index contributed by atoms with van der Waals surface area (Å²) in [6.07, 6.45) is 9.56. The number of aromatic nitrogens is 1. The fraction of sp³-hybridized carbons (Fsp3) is 0.679. The predicted octanol–water partition coefficient (Wildman–Crippen LogP) is 6.21. The van der Waals surface area contributed by atoms with Crippen LogP contribution < -0.4 is 4.72 Å². The maximum absolute atomic E-state index is 13.2. The second-order valence-corrected chi connectivity index (χ2v) is 15.3. The van der Waals surface area contributed by atoms with Crippen LogP contribution in [0.3, 0.4) is 0 Å². The van der Waals surface area contributed by atoms with Crippen LogP contribution in [0.15, 0.2) is 22.5 Å². The topological polar surface area (TPSA) is 68.3 Å². The smallest absolute Gasteiger partial charge is 0.267 e.